The third-order valence-corrected chi connectivity index (χ3v) is 9.38. The van der Waals surface area contributed by atoms with Crippen LogP contribution in [0.15, 0.2) is 24.3 Å². The third-order valence-electron chi connectivity index (χ3n) is 5.03. The van der Waals surface area contributed by atoms with Gasteiger partial charge in [0.25, 0.3) is 0 Å². The van der Waals surface area contributed by atoms with Crippen LogP contribution >= 0.6 is 0 Å². The summed E-state index contributed by atoms with van der Waals surface area (Å²) in [6.07, 6.45) is 4.94. The van der Waals surface area contributed by atoms with E-state index in [4.69, 9.17) is 4.43 Å². The molecule has 0 aromatic heterocycles. The van der Waals surface area contributed by atoms with E-state index in [1.54, 1.807) is 0 Å². The molecule has 0 bridgehead atoms. The fraction of sp³-hybridized carbons (Fsp3) is 0.700. The summed E-state index contributed by atoms with van der Waals surface area (Å²) in [4.78, 5) is 0. The second-order valence-corrected chi connectivity index (χ2v) is 13.3. The van der Waals surface area contributed by atoms with Crippen molar-refractivity contribution in [2.75, 3.05) is 0 Å². The molecule has 0 saturated carbocycles. The van der Waals surface area contributed by atoms with E-state index in [0.717, 1.165) is 24.2 Å². The fourth-order valence-corrected chi connectivity index (χ4v) is 3.49. The van der Waals surface area contributed by atoms with Crippen molar-refractivity contribution in [3.8, 4) is 5.75 Å². The second-order valence-electron chi connectivity index (χ2n) is 8.60. The Labute approximate surface area is 144 Å². The van der Waals surface area contributed by atoms with Crippen LogP contribution in [0.4, 0.5) is 0 Å². The summed E-state index contributed by atoms with van der Waals surface area (Å²) in [6, 6.07) is 8.21. The average molecular weight is 337 g/mol. The normalized spacial score (nSPS) is 15.3. The van der Waals surface area contributed by atoms with Crippen LogP contribution in [0.5, 0.6) is 5.75 Å². The van der Waals surface area contributed by atoms with Crippen molar-refractivity contribution in [1.29, 1.82) is 0 Å². The molecule has 0 heterocycles. The van der Waals surface area contributed by atoms with Gasteiger partial charge in [0.15, 0.2) is 0 Å². The van der Waals surface area contributed by atoms with E-state index < -0.39 is 13.9 Å². The van der Waals surface area contributed by atoms with Gasteiger partial charge in [0.2, 0.25) is 8.32 Å². The first-order valence-corrected chi connectivity index (χ1v) is 11.9. The number of hydrogen-bond acceptors (Lipinski definition) is 2. The van der Waals surface area contributed by atoms with Crippen LogP contribution in [0.2, 0.25) is 18.1 Å². The third kappa shape index (κ3) is 6.31. The van der Waals surface area contributed by atoms with E-state index in [2.05, 4.69) is 52.9 Å². The Morgan fingerprint density at radius 3 is 2.22 bits per heavy atom. The second kappa shape index (κ2) is 7.85. The number of benzene rings is 1. The van der Waals surface area contributed by atoms with Crippen molar-refractivity contribution in [3.05, 3.63) is 29.8 Å². The first kappa shape index (κ1) is 20.2. The van der Waals surface area contributed by atoms with Crippen LogP contribution in [-0.4, -0.2) is 19.0 Å². The lowest BCUT2D eigenvalue weighted by Crippen LogP contribution is -2.44. The zero-order valence-electron chi connectivity index (χ0n) is 16.2. The maximum atomic E-state index is 10.7. The van der Waals surface area contributed by atoms with Crippen molar-refractivity contribution in [2.24, 2.45) is 0 Å². The van der Waals surface area contributed by atoms with E-state index in [0.29, 0.717) is 6.42 Å². The minimum atomic E-state index is -1.87. The topological polar surface area (TPSA) is 29.5 Å². The first-order valence-electron chi connectivity index (χ1n) is 8.98. The van der Waals surface area contributed by atoms with Gasteiger partial charge in [-0.25, -0.2) is 0 Å². The van der Waals surface area contributed by atoms with Gasteiger partial charge in [-0.1, -0.05) is 65.2 Å². The minimum absolute atomic E-state index is 0.170. The molecule has 1 rings (SSSR count). The Kier molecular flexibility index (Phi) is 6.91. The average Bonchev–Trinajstić information content (AvgIpc) is 2.39. The van der Waals surface area contributed by atoms with Gasteiger partial charge in [0, 0.05) is 6.42 Å². The molecule has 3 heteroatoms. The van der Waals surface area contributed by atoms with Gasteiger partial charge in [-0.2, -0.15) is 0 Å². The summed E-state index contributed by atoms with van der Waals surface area (Å²) in [6.45, 7) is 15.4. The first-order chi connectivity index (χ1) is 10.5. The molecule has 0 amide bonds. The maximum absolute atomic E-state index is 10.7. The molecule has 1 aromatic carbocycles. The van der Waals surface area contributed by atoms with Crippen LogP contribution in [-0.2, 0) is 6.42 Å². The van der Waals surface area contributed by atoms with Crippen molar-refractivity contribution in [3.63, 3.8) is 0 Å². The van der Waals surface area contributed by atoms with Gasteiger partial charge in [0.1, 0.15) is 5.75 Å². The van der Waals surface area contributed by atoms with Crippen LogP contribution in [0.1, 0.15) is 65.9 Å². The lowest BCUT2D eigenvalue weighted by Gasteiger charge is -2.37. The van der Waals surface area contributed by atoms with Gasteiger partial charge < -0.3 is 9.53 Å². The van der Waals surface area contributed by atoms with E-state index >= 15 is 0 Å². The summed E-state index contributed by atoms with van der Waals surface area (Å²) < 4.78 is 6.50. The maximum Gasteiger partial charge on any atom is 0.250 e. The van der Waals surface area contributed by atoms with Crippen molar-refractivity contribution in [2.45, 2.75) is 90.5 Å². The molecule has 0 aliphatic carbocycles. The quantitative estimate of drug-likeness (QED) is 0.470. The molecule has 23 heavy (non-hydrogen) atoms. The molecule has 1 atom stereocenters. The summed E-state index contributed by atoms with van der Waals surface area (Å²) in [5.41, 5.74) is 0.459. The largest absolute Gasteiger partial charge is 0.543 e. The molecule has 2 nitrogen and oxygen atoms in total. The molecule has 0 aliphatic heterocycles. The molecular formula is C20H36O2Si. The Bertz CT molecular complexity index is 487. The summed E-state index contributed by atoms with van der Waals surface area (Å²) in [7, 11) is -1.87. The summed E-state index contributed by atoms with van der Waals surface area (Å²) >= 11 is 0. The van der Waals surface area contributed by atoms with E-state index in [9.17, 15) is 5.11 Å². The lowest BCUT2D eigenvalue weighted by molar-refractivity contribution is 0.0482. The fourth-order valence-electron chi connectivity index (χ4n) is 2.43. The van der Waals surface area contributed by atoms with E-state index in [1.807, 2.05) is 19.1 Å². The minimum Gasteiger partial charge on any atom is -0.543 e. The standard InChI is InChI=1S/C20H36O2Si/c1-8-9-12-15-20(5,21)16-17-13-10-11-14-18(17)22-23(6,7)19(2,3)4/h10-11,13-14,21H,8-9,12,15-16H2,1-7H3. The number of aliphatic hydroxyl groups is 1. The number of rotatable bonds is 8. The Morgan fingerprint density at radius 2 is 1.65 bits per heavy atom. The number of unbranched alkanes of at least 4 members (excludes halogenated alkanes) is 2. The van der Waals surface area contributed by atoms with Crippen molar-refractivity contribution in [1.82, 2.24) is 0 Å². The molecule has 1 aromatic rings. The highest BCUT2D eigenvalue weighted by Gasteiger charge is 2.39. The Hall–Kier alpha value is -0.803. The van der Waals surface area contributed by atoms with Crippen LogP contribution < -0.4 is 4.43 Å². The molecule has 1 N–H and O–H groups in total. The van der Waals surface area contributed by atoms with Crippen molar-refractivity contribution < 1.29 is 9.53 Å². The van der Waals surface area contributed by atoms with Gasteiger partial charge in [-0.3, -0.25) is 0 Å². The molecule has 132 valence electrons. The number of para-hydroxylation sites is 1. The molecule has 0 radical (unpaired) electrons. The molecule has 1 unspecified atom stereocenters. The number of hydrogen-bond donors (Lipinski definition) is 1. The van der Waals surface area contributed by atoms with Crippen LogP contribution in [0.25, 0.3) is 0 Å². The highest BCUT2D eigenvalue weighted by atomic mass is 28.4. The highest BCUT2D eigenvalue weighted by Crippen LogP contribution is 2.38. The van der Waals surface area contributed by atoms with Gasteiger partial charge >= 0.3 is 0 Å². The predicted octanol–water partition coefficient (Wildman–Crippen LogP) is 5.94. The smallest absolute Gasteiger partial charge is 0.250 e. The Balaban J connectivity index is 2.90. The zero-order chi connectivity index (χ0) is 17.7. The van der Waals surface area contributed by atoms with E-state index in [-0.39, 0.29) is 5.04 Å². The monoisotopic (exact) mass is 336 g/mol. The van der Waals surface area contributed by atoms with E-state index in [1.165, 1.54) is 12.8 Å². The Morgan fingerprint density at radius 1 is 1.04 bits per heavy atom. The zero-order valence-corrected chi connectivity index (χ0v) is 17.2. The lowest BCUT2D eigenvalue weighted by atomic mass is 9.90. The van der Waals surface area contributed by atoms with Gasteiger partial charge in [-0.05, 0) is 43.1 Å². The summed E-state index contributed by atoms with van der Waals surface area (Å²) in [5, 5.41) is 10.9. The van der Waals surface area contributed by atoms with Crippen LogP contribution in [0.3, 0.4) is 0 Å². The predicted molar refractivity (Wildman–Crippen MR) is 103 cm³/mol. The van der Waals surface area contributed by atoms with Crippen LogP contribution in [0, 0.1) is 0 Å². The van der Waals surface area contributed by atoms with Gasteiger partial charge in [-0.15, -0.1) is 0 Å². The molecule has 0 spiro atoms. The molecular weight excluding hydrogens is 300 g/mol. The molecule has 0 fully saturated rings. The highest BCUT2D eigenvalue weighted by molar-refractivity contribution is 6.74. The van der Waals surface area contributed by atoms with Crippen molar-refractivity contribution >= 4 is 8.32 Å². The molecule has 0 saturated heterocycles. The molecule has 0 aliphatic rings. The summed E-state index contributed by atoms with van der Waals surface area (Å²) in [5.74, 6) is 0.954. The van der Waals surface area contributed by atoms with Gasteiger partial charge in [0.05, 0.1) is 5.60 Å². The SMILES string of the molecule is CCCCCC(C)(O)Cc1ccccc1O[Si](C)(C)C(C)(C)C.